The fourth-order valence-electron chi connectivity index (χ4n) is 1.55. The monoisotopic (exact) mass is 289 g/mol. The van der Waals surface area contributed by atoms with Crippen LogP contribution < -0.4 is 5.32 Å². The average molecular weight is 291 g/mol. The van der Waals surface area contributed by atoms with E-state index in [9.17, 15) is 0 Å². The van der Waals surface area contributed by atoms with Gasteiger partial charge in [0.15, 0.2) is 0 Å². The van der Waals surface area contributed by atoms with Crippen LogP contribution in [0.25, 0.3) is 0 Å². The largest absolute Gasteiger partial charge is 0.381 e. The van der Waals surface area contributed by atoms with Gasteiger partial charge in [-0.25, -0.2) is 0 Å². The van der Waals surface area contributed by atoms with Gasteiger partial charge in [0, 0.05) is 10.5 Å². The highest BCUT2D eigenvalue weighted by Crippen LogP contribution is 2.27. The molecule has 0 saturated heterocycles. The Kier molecular flexibility index (Phi) is 5.48. The van der Waals surface area contributed by atoms with E-state index in [0.717, 1.165) is 21.6 Å². The highest BCUT2D eigenvalue weighted by Gasteiger charge is 2.07. The van der Waals surface area contributed by atoms with E-state index < -0.39 is 0 Å². The van der Waals surface area contributed by atoms with Crippen molar-refractivity contribution in [3.63, 3.8) is 0 Å². The summed E-state index contributed by atoms with van der Waals surface area (Å²) >= 11 is 9.54. The first-order valence-corrected chi connectivity index (χ1v) is 6.56. The molecule has 0 aliphatic heterocycles. The molecule has 1 rings (SSSR count). The number of anilines is 1. The molecule has 0 spiro atoms. The van der Waals surface area contributed by atoms with Crippen LogP contribution in [-0.4, -0.2) is 6.04 Å². The smallest absolute Gasteiger partial charge is 0.0648 e. The first-order chi connectivity index (χ1) is 7.17. The Balaban J connectivity index is 2.70. The Labute approximate surface area is 105 Å². The number of nitrogens with one attached hydrogen (secondary N) is 1. The number of rotatable bonds is 5. The summed E-state index contributed by atoms with van der Waals surface area (Å²) in [6.07, 6.45) is 3.50. The summed E-state index contributed by atoms with van der Waals surface area (Å²) in [6.45, 7) is 4.40. The van der Waals surface area contributed by atoms with E-state index in [1.807, 2.05) is 18.2 Å². The Morgan fingerprint density at radius 1 is 1.40 bits per heavy atom. The van der Waals surface area contributed by atoms with E-state index in [-0.39, 0.29) is 0 Å². The van der Waals surface area contributed by atoms with E-state index in [1.165, 1.54) is 12.8 Å². The maximum Gasteiger partial charge on any atom is 0.0648 e. The highest BCUT2D eigenvalue weighted by molar-refractivity contribution is 9.10. The lowest BCUT2D eigenvalue weighted by Crippen LogP contribution is -2.18. The van der Waals surface area contributed by atoms with Crippen LogP contribution >= 0.6 is 27.5 Å². The maximum atomic E-state index is 6.14. The van der Waals surface area contributed by atoms with Gasteiger partial charge in [-0.05, 0) is 31.0 Å². The van der Waals surface area contributed by atoms with Crippen LogP contribution in [0.4, 0.5) is 5.69 Å². The van der Waals surface area contributed by atoms with E-state index in [2.05, 4.69) is 35.1 Å². The zero-order valence-electron chi connectivity index (χ0n) is 9.19. The molecule has 0 bridgehead atoms. The zero-order valence-corrected chi connectivity index (χ0v) is 11.5. The van der Waals surface area contributed by atoms with Gasteiger partial charge in [-0.2, -0.15) is 0 Å². The third-order valence-corrected chi connectivity index (χ3v) is 3.23. The summed E-state index contributed by atoms with van der Waals surface area (Å²) < 4.78 is 1.02. The minimum atomic E-state index is 0.522. The molecule has 1 N–H and O–H groups in total. The first kappa shape index (κ1) is 12.9. The van der Waals surface area contributed by atoms with Crippen molar-refractivity contribution in [1.82, 2.24) is 0 Å². The molecule has 3 heteroatoms. The highest BCUT2D eigenvalue weighted by atomic mass is 79.9. The second-order valence-electron chi connectivity index (χ2n) is 3.66. The summed E-state index contributed by atoms with van der Waals surface area (Å²) in [5, 5.41) is 4.25. The third kappa shape index (κ3) is 4.04. The number of hydrogen-bond donors (Lipinski definition) is 1. The molecule has 0 aliphatic carbocycles. The first-order valence-electron chi connectivity index (χ1n) is 5.39. The van der Waals surface area contributed by atoms with E-state index in [4.69, 9.17) is 11.6 Å². The van der Waals surface area contributed by atoms with Gasteiger partial charge in [0.1, 0.15) is 0 Å². The van der Waals surface area contributed by atoms with Crippen LogP contribution in [0, 0.1) is 0 Å². The normalized spacial score (nSPS) is 12.5. The van der Waals surface area contributed by atoms with Crippen molar-refractivity contribution in [1.29, 1.82) is 0 Å². The van der Waals surface area contributed by atoms with Gasteiger partial charge in [-0.15, -0.1) is 0 Å². The van der Waals surface area contributed by atoms with E-state index in [0.29, 0.717) is 6.04 Å². The molecule has 0 radical (unpaired) electrons. The fourth-order valence-corrected chi connectivity index (χ4v) is 2.28. The molecule has 1 atom stereocenters. The molecule has 0 aliphatic rings. The minimum absolute atomic E-state index is 0.522. The fraction of sp³-hybridized carbons (Fsp3) is 0.500. The van der Waals surface area contributed by atoms with E-state index in [1.54, 1.807) is 0 Å². The number of halogens is 2. The van der Waals surface area contributed by atoms with Crippen molar-refractivity contribution in [3.05, 3.63) is 27.7 Å². The minimum Gasteiger partial charge on any atom is -0.381 e. The SMILES string of the molecule is CCCC(CC)Nc1ccc(Br)cc1Cl. The predicted molar refractivity (Wildman–Crippen MR) is 71.8 cm³/mol. The zero-order chi connectivity index (χ0) is 11.3. The van der Waals surface area contributed by atoms with Gasteiger partial charge in [-0.1, -0.05) is 47.8 Å². The summed E-state index contributed by atoms with van der Waals surface area (Å²) in [6, 6.07) is 6.47. The molecule has 1 unspecified atom stereocenters. The molecule has 1 aromatic rings. The van der Waals surface area contributed by atoms with Gasteiger partial charge in [0.2, 0.25) is 0 Å². The van der Waals surface area contributed by atoms with Gasteiger partial charge in [0.25, 0.3) is 0 Å². The summed E-state index contributed by atoms with van der Waals surface area (Å²) in [5.74, 6) is 0. The van der Waals surface area contributed by atoms with Crippen LogP contribution in [0.5, 0.6) is 0 Å². The molecule has 84 valence electrons. The molecule has 0 aromatic heterocycles. The van der Waals surface area contributed by atoms with Gasteiger partial charge < -0.3 is 5.32 Å². The number of hydrogen-bond acceptors (Lipinski definition) is 1. The molecule has 0 heterocycles. The second kappa shape index (κ2) is 6.39. The Morgan fingerprint density at radius 3 is 2.67 bits per heavy atom. The molecule has 15 heavy (non-hydrogen) atoms. The molecule has 1 aromatic carbocycles. The summed E-state index contributed by atoms with van der Waals surface area (Å²) in [7, 11) is 0. The molecule has 0 fully saturated rings. The van der Waals surface area contributed by atoms with Crippen molar-refractivity contribution in [2.45, 2.75) is 39.2 Å². The summed E-state index contributed by atoms with van der Waals surface area (Å²) in [4.78, 5) is 0. The van der Waals surface area contributed by atoms with Gasteiger partial charge >= 0.3 is 0 Å². The van der Waals surface area contributed by atoms with Gasteiger partial charge in [-0.3, -0.25) is 0 Å². The van der Waals surface area contributed by atoms with Crippen molar-refractivity contribution in [2.24, 2.45) is 0 Å². The molecule has 0 saturated carbocycles. The molecular weight excluding hydrogens is 273 g/mol. The third-order valence-electron chi connectivity index (χ3n) is 2.42. The van der Waals surface area contributed by atoms with Crippen molar-refractivity contribution < 1.29 is 0 Å². The lowest BCUT2D eigenvalue weighted by Gasteiger charge is -2.18. The lowest BCUT2D eigenvalue weighted by molar-refractivity contribution is 0.623. The Bertz CT molecular complexity index is 314. The van der Waals surface area contributed by atoms with Crippen LogP contribution in [0.15, 0.2) is 22.7 Å². The van der Waals surface area contributed by atoms with Crippen LogP contribution in [0.1, 0.15) is 33.1 Å². The Hall–Kier alpha value is -0.210. The summed E-state index contributed by atoms with van der Waals surface area (Å²) in [5.41, 5.74) is 1.03. The van der Waals surface area contributed by atoms with Gasteiger partial charge in [0.05, 0.1) is 10.7 Å². The quantitative estimate of drug-likeness (QED) is 0.796. The predicted octanol–water partition coefficient (Wildman–Crippen LogP) is 5.09. The second-order valence-corrected chi connectivity index (χ2v) is 4.99. The van der Waals surface area contributed by atoms with Crippen LogP contribution in [0.3, 0.4) is 0 Å². The van der Waals surface area contributed by atoms with E-state index >= 15 is 0 Å². The standard InChI is InChI=1S/C12H17BrClN/c1-3-5-10(4-2)15-12-7-6-9(13)8-11(12)14/h6-8,10,15H,3-5H2,1-2H3. The van der Waals surface area contributed by atoms with Crippen molar-refractivity contribution >= 4 is 33.2 Å². The van der Waals surface area contributed by atoms with Crippen LogP contribution in [0.2, 0.25) is 5.02 Å². The van der Waals surface area contributed by atoms with Crippen LogP contribution in [-0.2, 0) is 0 Å². The molecule has 1 nitrogen and oxygen atoms in total. The molecular formula is C12H17BrClN. The van der Waals surface area contributed by atoms with Crippen molar-refractivity contribution in [2.75, 3.05) is 5.32 Å². The number of benzene rings is 1. The Morgan fingerprint density at radius 2 is 2.13 bits per heavy atom. The topological polar surface area (TPSA) is 12.0 Å². The van der Waals surface area contributed by atoms with Crippen molar-refractivity contribution in [3.8, 4) is 0 Å². The average Bonchev–Trinajstić information content (AvgIpc) is 2.21. The lowest BCUT2D eigenvalue weighted by atomic mass is 10.1. The molecule has 0 amide bonds. The maximum absolute atomic E-state index is 6.14.